The monoisotopic (exact) mass is 192 g/mol. The molecule has 2 heterocycles. The molecule has 2 nitrogen and oxygen atoms in total. The molecular formula is C10H12N2S. The zero-order valence-electron chi connectivity index (χ0n) is 7.50. The molecule has 0 aliphatic carbocycles. The quantitative estimate of drug-likeness (QED) is 0.768. The van der Waals surface area contributed by atoms with E-state index in [0.29, 0.717) is 0 Å². The Balaban J connectivity index is 2.23. The predicted molar refractivity (Wildman–Crippen MR) is 56.9 cm³/mol. The summed E-state index contributed by atoms with van der Waals surface area (Å²) in [4.78, 5) is 4.66. The maximum absolute atomic E-state index is 3.36. The van der Waals surface area contributed by atoms with Gasteiger partial charge in [-0.25, -0.2) is 0 Å². The average molecular weight is 192 g/mol. The van der Waals surface area contributed by atoms with Gasteiger partial charge in [0.2, 0.25) is 0 Å². The van der Waals surface area contributed by atoms with Crippen molar-refractivity contribution in [2.45, 2.75) is 6.54 Å². The van der Waals surface area contributed by atoms with Gasteiger partial charge in [-0.05, 0) is 30.6 Å². The Bertz CT molecular complexity index is 362. The molecule has 0 fully saturated rings. The molecule has 0 unspecified atom stereocenters. The highest BCUT2D eigenvalue weighted by Gasteiger charge is 2.00. The van der Waals surface area contributed by atoms with E-state index in [1.165, 1.54) is 16.3 Å². The minimum atomic E-state index is 0.894. The van der Waals surface area contributed by atoms with E-state index < -0.39 is 0 Å². The Morgan fingerprint density at radius 3 is 3.00 bits per heavy atom. The van der Waals surface area contributed by atoms with Gasteiger partial charge in [-0.2, -0.15) is 0 Å². The highest BCUT2D eigenvalue weighted by Crippen LogP contribution is 2.23. The van der Waals surface area contributed by atoms with Crippen LogP contribution in [0.15, 0.2) is 29.6 Å². The van der Waals surface area contributed by atoms with Crippen molar-refractivity contribution < 1.29 is 0 Å². The number of thiophene rings is 1. The summed E-state index contributed by atoms with van der Waals surface area (Å²) < 4.78 is 0. The fraction of sp³-hybridized carbons (Fsp3) is 0.200. The average Bonchev–Trinajstić information content (AvgIpc) is 2.70. The molecule has 0 saturated carbocycles. The van der Waals surface area contributed by atoms with E-state index in [0.717, 1.165) is 6.54 Å². The van der Waals surface area contributed by atoms with Crippen molar-refractivity contribution in [1.29, 1.82) is 0 Å². The van der Waals surface area contributed by atoms with Gasteiger partial charge in [0.1, 0.15) is 0 Å². The molecule has 0 bridgehead atoms. The van der Waals surface area contributed by atoms with Crippen LogP contribution in [0.2, 0.25) is 0 Å². The second kappa shape index (κ2) is 3.77. The summed E-state index contributed by atoms with van der Waals surface area (Å²) >= 11 is 1.76. The first-order valence-electron chi connectivity index (χ1n) is 4.26. The van der Waals surface area contributed by atoms with E-state index in [4.69, 9.17) is 0 Å². The lowest BCUT2D eigenvalue weighted by atomic mass is 10.3. The lowest BCUT2D eigenvalue weighted by Gasteiger charge is -1.94. The molecule has 68 valence electrons. The van der Waals surface area contributed by atoms with Crippen molar-refractivity contribution >= 4 is 11.3 Å². The van der Waals surface area contributed by atoms with Gasteiger partial charge >= 0.3 is 0 Å². The summed E-state index contributed by atoms with van der Waals surface area (Å²) in [5.74, 6) is 0. The van der Waals surface area contributed by atoms with E-state index in [1.54, 1.807) is 11.3 Å². The predicted octanol–water partition coefficient (Wildman–Crippen LogP) is 2.46. The number of aromatic nitrogens is 1. The molecule has 13 heavy (non-hydrogen) atoms. The van der Waals surface area contributed by atoms with E-state index in [-0.39, 0.29) is 0 Å². The van der Waals surface area contributed by atoms with Gasteiger partial charge in [-0.1, -0.05) is 6.07 Å². The first-order chi connectivity index (χ1) is 6.40. The van der Waals surface area contributed by atoms with Gasteiger partial charge in [0.05, 0.1) is 10.6 Å². The SMILES string of the molecule is CNCc1ccc(-c2cccs2)[nH]1. The molecule has 0 aliphatic heterocycles. The molecule has 2 rings (SSSR count). The number of rotatable bonds is 3. The van der Waals surface area contributed by atoms with Crippen LogP contribution in [-0.2, 0) is 6.54 Å². The van der Waals surface area contributed by atoms with Crippen molar-refractivity contribution in [3.63, 3.8) is 0 Å². The Morgan fingerprint density at radius 2 is 2.31 bits per heavy atom. The van der Waals surface area contributed by atoms with Crippen molar-refractivity contribution in [3.05, 3.63) is 35.3 Å². The third-order valence-electron chi connectivity index (χ3n) is 1.90. The lowest BCUT2D eigenvalue weighted by molar-refractivity contribution is 0.798. The van der Waals surface area contributed by atoms with Gasteiger partial charge < -0.3 is 10.3 Å². The molecule has 2 N–H and O–H groups in total. The molecular weight excluding hydrogens is 180 g/mol. The van der Waals surface area contributed by atoms with E-state index in [2.05, 4.69) is 39.9 Å². The summed E-state index contributed by atoms with van der Waals surface area (Å²) in [6.07, 6.45) is 0. The van der Waals surface area contributed by atoms with Crippen LogP contribution in [0.1, 0.15) is 5.69 Å². The fourth-order valence-corrected chi connectivity index (χ4v) is 2.02. The van der Waals surface area contributed by atoms with Crippen LogP contribution >= 0.6 is 11.3 Å². The molecule has 0 spiro atoms. The topological polar surface area (TPSA) is 27.8 Å². The minimum absolute atomic E-state index is 0.894. The van der Waals surface area contributed by atoms with Gasteiger partial charge in [0, 0.05) is 12.2 Å². The summed E-state index contributed by atoms with van der Waals surface area (Å²) in [6.45, 7) is 0.894. The standard InChI is InChI=1S/C10H12N2S/c1-11-7-8-4-5-9(12-8)10-3-2-6-13-10/h2-6,11-12H,7H2,1H3. The van der Waals surface area contributed by atoms with Crippen molar-refractivity contribution in [2.75, 3.05) is 7.05 Å². The highest BCUT2D eigenvalue weighted by atomic mass is 32.1. The normalized spacial score (nSPS) is 10.5. The largest absolute Gasteiger partial charge is 0.357 e. The van der Waals surface area contributed by atoms with Crippen LogP contribution < -0.4 is 5.32 Å². The Labute approximate surface area is 81.6 Å². The third-order valence-corrected chi connectivity index (χ3v) is 2.80. The first kappa shape index (κ1) is 8.53. The molecule has 0 saturated heterocycles. The third kappa shape index (κ3) is 1.82. The Hall–Kier alpha value is -1.06. The second-order valence-electron chi connectivity index (χ2n) is 2.90. The molecule has 2 aromatic heterocycles. The summed E-state index contributed by atoms with van der Waals surface area (Å²) in [7, 11) is 1.95. The number of nitrogens with one attached hydrogen (secondary N) is 2. The molecule has 0 radical (unpaired) electrons. The molecule has 0 atom stereocenters. The van der Waals surface area contributed by atoms with Crippen molar-refractivity contribution in [1.82, 2.24) is 10.3 Å². The number of hydrogen-bond donors (Lipinski definition) is 2. The van der Waals surface area contributed by atoms with E-state index in [1.807, 2.05) is 7.05 Å². The first-order valence-corrected chi connectivity index (χ1v) is 5.14. The van der Waals surface area contributed by atoms with Gasteiger partial charge in [-0.3, -0.25) is 0 Å². The van der Waals surface area contributed by atoms with Crippen LogP contribution in [0.4, 0.5) is 0 Å². The smallest absolute Gasteiger partial charge is 0.0557 e. The minimum Gasteiger partial charge on any atom is -0.357 e. The van der Waals surface area contributed by atoms with Gasteiger partial charge in [-0.15, -0.1) is 11.3 Å². The molecule has 3 heteroatoms. The van der Waals surface area contributed by atoms with E-state index in [9.17, 15) is 0 Å². The highest BCUT2D eigenvalue weighted by molar-refractivity contribution is 7.13. The number of hydrogen-bond acceptors (Lipinski definition) is 2. The zero-order valence-corrected chi connectivity index (χ0v) is 8.32. The van der Waals surface area contributed by atoms with Gasteiger partial charge in [0.15, 0.2) is 0 Å². The van der Waals surface area contributed by atoms with E-state index >= 15 is 0 Å². The maximum Gasteiger partial charge on any atom is 0.0557 e. The number of aromatic amines is 1. The van der Waals surface area contributed by atoms with Crippen LogP contribution in [-0.4, -0.2) is 12.0 Å². The fourth-order valence-electron chi connectivity index (χ4n) is 1.31. The van der Waals surface area contributed by atoms with Crippen molar-refractivity contribution in [3.8, 4) is 10.6 Å². The summed E-state index contributed by atoms with van der Waals surface area (Å²) in [6, 6.07) is 8.43. The maximum atomic E-state index is 3.36. The summed E-state index contributed by atoms with van der Waals surface area (Å²) in [5, 5.41) is 5.21. The van der Waals surface area contributed by atoms with Crippen LogP contribution in [0, 0.1) is 0 Å². The van der Waals surface area contributed by atoms with Gasteiger partial charge in [0.25, 0.3) is 0 Å². The Morgan fingerprint density at radius 1 is 1.38 bits per heavy atom. The Kier molecular flexibility index (Phi) is 2.47. The number of H-pyrrole nitrogens is 1. The lowest BCUT2D eigenvalue weighted by Crippen LogP contribution is -2.04. The summed E-state index contributed by atoms with van der Waals surface area (Å²) in [5.41, 5.74) is 2.44. The van der Waals surface area contributed by atoms with Crippen LogP contribution in [0.3, 0.4) is 0 Å². The molecule has 2 aromatic rings. The van der Waals surface area contributed by atoms with Crippen molar-refractivity contribution in [2.24, 2.45) is 0 Å². The zero-order chi connectivity index (χ0) is 9.10. The second-order valence-corrected chi connectivity index (χ2v) is 3.85. The van der Waals surface area contributed by atoms with Crippen LogP contribution in [0.5, 0.6) is 0 Å². The molecule has 0 aromatic carbocycles. The van der Waals surface area contributed by atoms with Crippen LogP contribution in [0.25, 0.3) is 10.6 Å². The molecule has 0 aliphatic rings. The molecule has 0 amide bonds.